The topological polar surface area (TPSA) is 74.0 Å². The molecule has 26 heavy (non-hydrogen) atoms. The molecule has 0 saturated heterocycles. The highest BCUT2D eigenvalue weighted by molar-refractivity contribution is 6.30. The SMILES string of the molecule is CCC(C(=O)Nc1cnn(Cc2cccc(OC)c2)c1)n1cc(Cl)cn1. The summed E-state index contributed by atoms with van der Waals surface area (Å²) in [5.41, 5.74) is 1.69. The lowest BCUT2D eigenvalue weighted by Crippen LogP contribution is -2.25. The molecule has 0 bridgehead atoms. The molecule has 136 valence electrons. The molecule has 0 radical (unpaired) electrons. The van der Waals surface area contributed by atoms with E-state index in [-0.39, 0.29) is 5.91 Å². The van der Waals surface area contributed by atoms with Crippen LogP contribution in [-0.2, 0) is 11.3 Å². The summed E-state index contributed by atoms with van der Waals surface area (Å²) in [5.74, 6) is 0.639. The summed E-state index contributed by atoms with van der Waals surface area (Å²) in [6, 6.07) is 7.35. The molecule has 1 amide bonds. The molecule has 3 aromatic rings. The Hall–Kier alpha value is -2.80. The summed E-state index contributed by atoms with van der Waals surface area (Å²) in [6.07, 6.45) is 7.17. The summed E-state index contributed by atoms with van der Waals surface area (Å²) in [6.45, 7) is 2.51. The van der Waals surface area contributed by atoms with E-state index in [1.54, 1.807) is 35.1 Å². The molecule has 0 aliphatic carbocycles. The van der Waals surface area contributed by atoms with Crippen molar-refractivity contribution in [2.75, 3.05) is 12.4 Å². The predicted octanol–water partition coefficient (Wildman–Crippen LogP) is 3.38. The Morgan fingerprint density at radius 1 is 1.31 bits per heavy atom. The van der Waals surface area contributed by atoms with Gasteiger partial charge in [0.15, 0.2) is 0 Å². The number of carbonyl (C=O) groups excluding carboxylic acids is 1. The summed E-state index contributed by atoms with van der Waals surface area (Å²) >= 11 is 5.89. The Bertz CT molecular complexity index is 889. The maximum Gasteiger partial charge on any atom is 0.249 e. The van der Waals surface area contributed by atoms with Gasteiger partial charge in [0.1, 0.15) is 11.8 Å². The van der Waals surface area contributed by atoms with Crippen molar-refractivity contribution < 1.29 is 9.53 Å². The van der Waals surface area contributed by atoms with Crippen LogP contribution in [0.3, 0.4) is 0 Å². The highest BCUT2D eigenvalue weighted by atomic mass is 35.5. The smallest absolute Gasteiger partial charge is 0.249 e. The van der Waals surface area contributed by atoms with Gasteiger partial charge in [0.25, 0.3) is 0 Å². The molecular weight excluding hydrogens is 354 g/mol. The molecule has 3 rings (SSSR count). The Morgan fingerprint density at radius 2 is 2.15 bits per heavy atom. The second-order valence-corrected chi connectivity index (χ2v) is 6.27. The number of hydrogen-bond donors (Lipinski definition) is 1. The number of aromatic nitrogens is 4. The fourth-order valence-electron chi connectivity index (χ4n) is 2.68. The molecule has 1 N–H and O–H groups in total. The standard InChI is InChI=1S/C18H20ClN5O2/c1-3-17(24-11-14(19)8-21-24)18(25)22-15-9-20-23(12-15)10-13-5-4-6-16(7-13)26-2/h4-9,11-12,17H,3,10H2,1-2H3,(H,22,25). The van der Waals surface area contributed by atoms with E-state index in [2.05, 4.69) is 15.5 Å². The van der Waals surface area contributed by atoms with E-state index in [1.807, 2.05) is 31.2 Å². The first kappa shape index (κ1) is 18.0. The van der Waals surface area contributed by atoms with Crippen LogP contribution in [-0.4, -0.2) is 32.6 Å². The van der Waals surface area contributed by atoms with Crippen LogP contribution < -0.4 is 10.1 Å². The number of anilines is 1. The van der Waals surface area contributed by atoms with E-state index in [0.717, 1.165) is 11.3 Å². The minimum atomic E-state index is -0.427. The average Bonchev–Trinajstić information content (AvgIpc) is 3.25. The van der Waals surface area contributed by atoms with Crippen LogP contribution in [0.2, 0.25) is 5.02 Å². The van der Waals surface area contributed by atoms with E-state index < -0.39 is 6.04 Å². The minimum Gasteiger partial charge on any atom is -0.497 e. The van der Waals surface area contributed by atoms with Crippen LogP contribution in [0.4, 0.5) is 5.69 Å². The molecule has 7 nitrogen and oxygen atoms in total. The molecule has 1 aromatic carbocycles. The fourth-order valence-corrected chi connectivity index (χ4v) is 2.82. The number of hydrogen-bond acceptors (Lipinski definition) is 4. The number of nitrogens with one attached hydrogen (secondary N) is 1. The monoisotopic (exact) mass is 373 g/mol. The number of nitrogens with zero attached hydrogens (tertiary/aromatic N) is 4. The van der Waals surface area contributed by atoms with Crippen molar-refractivity contribution in [3.63, 3.8) is 0 Å². The molecule has 2 aromatic heterocycles. The summed E-state index contributed by atoms with van der Waals surface area (Å²) in [5, 5.41) is 11.8. The molecule has 0 saturated carbocycles. The first-order valence-corrected chi connectivity index (χ1v) is 8.62. The van der Waals surface area contributed by atoms with Gasteiger partial charge in [-0.25, -0.2) is 0 Å². The van der Waals surface area contributed by atoms with Gasteiger partial charge in [-0.1, -0.05) is 30.7 Å². The third kappa shape index (κ3) is 4.23. The maximum absolute atomic E-state index is 12.5. The van der Waals surface area contributed by atoms with Crippen LogP contribution in [0.15, 0.2) is 49.1 Å². The largest absolute Gasteiger partial charge is 0.497 e. The Morgan fingerprint density at radius 3 is 2.85 bits per heavy atom. The molecule has 1 unspecified atom stereocenters. The zero-order valence-corrected chi connectivity index (χ0v) is 15.3. The molecule has 1 atom stereocenters. The lowest BCUT2D eigenvalue weighted by molar-refractivity contribution is -0.119. The van der Waals surface area contributed by atoms with Gasteiger partial charge in [-0.05, 0) is 24.1 Å². The van der Waals surface area contributed by atoms with Crippen LogP contribution in [0.1, 0.15) is 24.9 Å². The van der Waals surface area contributed by atoms with Crippen LogP contribution in [0.5, 0.6) is 5.75 Å². The van der Waals surface area contributed by atoms with Gasteiger partial charge in [0.05, 0.1) is 36.8 Å². The van der Waals surface area contributed by atoms with E-state index >= 15 is 0 Å². The highest BCUT2D eigenvalue weighted by Gasteiger charge is 2.20. The van der Waals surface area contributed by atoms with Crippen LogP contribution >= 0.6 is 11.6 Å². The molecule has 0 aliphatic heterocycles. The summed E-state index contributed by atoms with van der Waals surface area (Å²) in [7, 11) is 1.64. The number of carbonyl (C=O) groups is 1. The second kappa shape index (κ2) is 8.05. The zero-order valence-electron chi connectivity index (χ0n) is 14.6. The van der Waals surface area contributed by atoms with Gasteiger partial charge in [0.2, 0.25) is 5.91 Å². The predicted molar refractivity (Wildman–Crippen MR) is 99.5 cm³/mol. The lowest BCUT2D eigenvalue weighted by atomic mass is 10.2. The minimum absolute atomic E-state index is 0.159. The first-order chi connectivity index (χ1) is 12.6. The van der Waals surface area contributed by atoms with E-state index in [1.165, 1.54) is 6.20 Å². The van der Waals surface area contributed by atoms with Crippen molar-refractivity contribution in [2.24, 2.45) is 0 Å². The summed E-state index contributed by atoms with van der Waals surface area (Å²) in [4.78, 5) is 12.5. The van der Waals surface area contributed by atoms with Crippen LogP contribution in [0, 0.1) is 0 Å². The normalized spacial score (nSPS) is 12.0. The molecule has 8 heteroatoms. The van der Waals surface area contributed by atoms with Crippen molar-refractivity contribution in [3.8, 4) is 5.75 Å². The van der Waals surface area contributed by atoms with E-state index in [0.29, 0.717) is 23.7 Å². The Labute approximate surface area is 156 Å². The second-order valence-electron chi connectivity index (χ2n) is 5.83. The number of methoxy groups -OCH3 is 1. The first-order valence-electron chi connectivity index (χ1n) is 8.25. The van der Waals surface area contributed by atoms with Gasteiger partial charge in [-0.2, -0.15) is 10.2 Å². The third-order valence-corrected chi connectivity index (χ3v) is 4.15. The Kier molecular flexibility index (Phi) is 5.58. The number of benzene rings is 1. The molecule has 0 aliphatic rings. The number of ether oxygens (including phenoxy) is 1. The number of rotatable bonds is 7. The Balaban J connectivity index is 1.66. The van der Waals surface area contributed by atoms with E-state index in [4.69, 9.17) is 16.3 Å². The van der Waals surface area contributed by atoms with Gasteiger partial charge >= 0.3 is 0 Å². The number of amides is 1. The van der Waals surface area contributed by atoms with Crippen molar-refractivity contribution in [3.05, 3.63) is 59.6 Å². The fraction of sp³-hybridized carbons (Fsp3) is 0.278. The van der Waals surface area contributed by atoms with E-state index in [9.17, 15) is 4.79 Å². The van der Waals surface area contributed by atoms with Crippen LogP contribution in [0.25, 0.3) is 0 Å². The van der Waals surface area contributed by atoms with Crippen molar-refractivity contribution in [2.45, 2.75) is 25.9 Å². The van der Waals surface area contributed by atoms with Crippen molar-refractivity contribution in [1.29, 1.82) is 0 Å². The molecule has 0 fully saturated rings. The quantitative estimate of drug-likeness (QED) is 0.689. The third-order valence-electron chi connectivity index (χ3n) is 3.96. The number of halogens is 1. The molecule has 2 heterocycles. The summed E-state index contributed by atoms with van der Waals surface area (Å²) < 4.78 is 8.56. The molecule has 0 spiro atoms. The lowest BCUT2D eigenvalue weighted by Gasteiger charge is -2.14. The van der Waals surface area contributed by atoms with Gasteiger partial charge in [0, 0.05) is 12.4 Å². The highest BCUT2D eigenvalue weighted by Crippen LogP contribution is 2.18. The van der Waals surface area contributed by atoms with Gasteiger partial charge < -0.3 is 10.1 Å². The maximum atomic E-state index is 12.5. The molecular formula is C18H20ClN5O2. The van der Waals surface area contributed by atoms with Crippen molar-refractivity contribution in [1.82, 2.24) is 19.6 Å². The zero-order chi connectivity index (χ0) is 18.5. The average molecular weight is 374 g/mol. The van der Waals surface area contributed by atoms with Crippen molar-refractivity contribution >= 4 is 23.2 Å². The van der Waals surface area contributed by atoms with Gasteiger partial charge in [-0.3, -0.25) is 14.2 Å². The van der Waals surface area contributed by atoms with Gasteiger partial charge in [-0.15, -0.1) is 0 Å².